The van der Waals surface area contributed by atoms with Gasteiger partial charge < -0.3 is 4.74 Å². The number of rotatable bonds is 7. The van der Waals surface area contributed by atoms with Gasteiger partial charge in [0, 0.05) is 40.8 Å². The number of pyridine rings is 2. The topological polar surface area (TPSA) is 48.8 Å². The lowest BCUT2D eigenvalue weighted by atomic mass is 9.84. The molecule has 6 heteroatoms. The summed E-state index contributed by atoms with van der Waals surface area (Å²) < 4.78 is 50.0. The van der Waals surface area contributed by atoms with Gasteiger partial charge in [0.2, 0.25) is 0 Å². The van der Waals surface area contributed by atoms with E-state index < -0.39 is 23.6 Å². The zero-order valence-corrected chi connectivity index (χ0v) is 36.6. The van der Waals surface area contributed by atoms with Crippen LogP contribution in [0.2, 0.25) is 0 Å². The SMILES string of the molecule is [2H]C([2H])(c1cc(-[n+]2[c-]n(-c3cc(Oc4ccc5c6ccccc6n(-c6cc(C(C)(C)C)ccn6)c5c4)ccn3)c3ccc(C(C)(C)C)cc32)cc(C([2H])([2H])C(C)(C)C)c1)C(C)(C)C. The quantitative estimate of drug-likeness (QED) is 0.119. The van der Waals surface area contributed by atoms with Crippen LogP contribution in [-0.4, -0.2) is 19.1 Å². The highest BCUT2D eigenvalue weighted by Crippen LogP contribution is 2.37. The minimum Gasteiger partial charge on any atom is -0.458 e. The van der Waals surface area contributed by atoms with Gasteiger partial charge in [0.1, 0.15) is 17.3 Å². The summed E-state index contributed by atoms with van der Waals surface area (Å²) in [5.41, 5.74) is 5.69. The average Bonchev–Trinajstić information content (AvgIpc) is 3.75. The molecule has 4 aromatic carbocycles. The molecule has 0 aliphatic heterocycles. The molecule has 0 fully saturated rings. The molecular formula is C53H59N5O. The Balaban J connectivity index is 1.27. The van der Waals surface area contributed by atoms with Gasteiger partial charge in [-0.2, -0.15) is 0 Å². The molecule has 0 saturated heterocycles. The first kappa shape index (κ1) is 35.2. The van der Waals surface area contributed by atoms with E-state index in [1.54, 1.807) is 12.3 Å². The number of aromatic nitrogens is 5. The van der Waals surface area contributed by atoms with Crippen molar-refractivity contribution in [1.29, 1.82) is 0 Å². The summed E-state index contributed by atoms with van der Waals surface area (Å²) in [5, 5.41) is 2.23. The molecule has 0 atom stereocenters. The van der Waals surface area contributed by atoms with Crippen molar-refractivity contribution in [3.63, 3.8) is 0 Å². The lowest BCUT2D eigenvalue weighted by Gasteiger charge is -2.23. The molecule has 0 spiro atoms. The number of para-hydroxylation sites is 1. The molecule has 0 bridgehead atoms. The van der Waals surface area contributed by atoms with Crippen LogP contribution in [-0.2, 0) is 23.6 Å². The van der Waals surface area contributed by atoms with Gasteiger partial charge in [-0.25, -0.2) is 4.98 Å². The third-order valence-electron chi connectivity index (χ3n) is 10.4. The summed E-state index contributed by atoms with van der Waals surface area (Å²) in [6.07, 6.45) is 3.62. The molecule has 0 aliphatic carbocycles. The summed E-state index contributed by atoms with van der Waals surface area (Å²) >= 11 is 0. The molecule has 0 saturated carbocycles. The largest absolute Gasteiger partial charge is 0.458 e. The van der Waals surface area contributed by atoms with Crippen LogP contribution >= 0.6 is 0 Å². The van der Waals surface area contributed by atoms with Crippen molar-refractivity contribution < 1.29 is 14.8 Å². The number of hydrogen-bond donors (Lipinski definition) is 0. The lowest BCUT2D eigenvalue weighted by molar-refractivity contribution is -0.572. The Kier molecular flexibility index (Phi) is 8.66. The highest BCUT2D eigenvalue weighted by Gasteiger charge is 2.23. The molecule has 4 aromatic heterocycles. The summed E-state index contributed by atoms with van der Waals surface area (Å²) in [7, 11) is 0. The maximum atomic E-state index is 9.32. The Bertz CT molecular complexity index is 3000. The fraction of sp³-hybridized carbons (Fsp3) is 0.340. The van der Waals surface area contributed by atoms with Gasteiger partial charge in [0.15, 0.2) is 5.82 Å². The fourth-order valence-corrected chi connectivity index (χ4v) is 7.68. The van der Waals surface area contributed by atoms with Crippen LogP contribution in [0.1, 0.15) is 111 Å². The maximum absolute atomic E-state index is 9.32. The summed E-state index contributed by atoms with van der Waals surface area (Å²) in [6.45, 7) is 24.4. The van der Waals surface area contributed by atoms with Gasteiger partial charge in [-0.05, 0) is 100 Å². The zero-order valence-electron chi connectivity index (χ0n) is 40.6. The maximum Gasteiger partial charge on any atom is 0.271 e. The third kappa shape index (κ3) is 8.41. The van der Waals surface area contributed by atoms with Crippen LogP contribution < -0.4 is 9.30 Å². The van der Waals surface area contributed by atoms with Crippen LogP contribution in [0.5, 0.6) is 11.5 Å². The first-order chi connectivity index (χ1) is 29.3. The summed E-state index contributed by atoms with van der Waals surface area (Å²) in [4.78, 5) is 9.67. The summed E-state index contributed by atoms with van der Waals surface area (Å²) in [6, 6.07) is 34.3. The minimum atomic E-state index is -1.78. The van der Waals surface area contributed by atoms with Gasteiger partial charge in [-0.3, -0.25) is 18.7 Å². The van der Waals surface area contributed by atoms with Gasteiger partial charge in [0.05, 0.1) is 27.8 Å². The standard InChI is InChI=1S/C53H59N5O/c1-50(2,3)32-35-25-36(33-51(4,5)6)27-39(26-35)56-34-57(45-20-17-37(28-47(45)56)52(7,8)9)48-31-41(22-24-54-48)59-40-18-19-43-42-15-13-14-16-44(42)58(46(43)30-40)49-29-38(21-23-55-49)53(10,11)12/h13-31H,32-33H2,1-12H3/i32D2,33D2. The predicted octanol–water partition coefficient (Wildman–Crippen LogP) is 13.2. The molecular weight excluding hydrogens is 723 g/mol. The van der Waals surface area contributed by atoms with E-state index in [0.29, 0.717) is 34.1 Å². The second-order valence-electron chi connectivity index (χ2n) is 19.9. The van der Waals surface area contributed by atoms with E-state index >= 15 is 0 Å². The van der Waals surface area contributed by atoms with E-state index in [-0.39, 0.29) is 10.8 Å². The molecule has 6 nitrogen and oxygen atoms in total. The van der Waals surface area contributed by atoms with Gasteiger partial charge >= 0.3 is 0 Å². The Hall–Kier alpha value is -5.75. The van der Waals surface area contributed by atoms with E-state index in [2.05, 4.69) is 119 Å². The van der Waals surface area contributed by atoms with Crippen LogP contribution in [0.3, 0.4) is 0 Å². The first-order valence-electron chi connectivity index (χ1n) is 22.6. The number of fused-ring (bicyclic) bond motifs is 4. The molecule has 0 radical (unpaired) electrons. The first-order valence-corrected chi connectivity index (χ1v) is 20.6. The van der Waals surface area contributed by atoms with E-state index in [0.717, 1.165) is 44.2 Å². The van der Waals surface area contributed by atoms with Gasteiger partial charge in [0.25, 0.3) is 6.33 Å². The highest BCUT2D eigenvalue weighted by molar-refractivity contribution is 6.09. The zero-order chi connectivity index (χ0) is 45.7. The molecule has 302 valence electrons. The van der Waals surface area contributed by atoms with Gasteiger partial charge in [-0.1, -0.05) is 131 Å². The molecule has 8 rings (SSSR count). The number of imidazole rings is 1. The highest BCUT2D eigenvalue weighted by atomic mass is 16.5. The molecule has 0 unspecified atom stereocenters. The van der Waals surface area contributed by atoms with E-state index in [9.17, 15) is 5.48 Å². The van der Waals surface area contributed by atoms with Crippen molar-refractivity contribution >= 4 is 32.8 Å². The van der Waals surface area contributed by atoms with Crippen molar-refractivity contribution in [2.75, 3.05) is 0 Å². The number of benzene rings is 4. The minimum absolute atomic E-state index is 0.0442. The lowest BCUT2D eigenvalue weighted by Crippen LogP contribution is -2.30. The Morgan fingerprint density at radius 2 is 1.19 bits per heavy atom. The van der Waals surface area contributed by atoms with E-state index in [4.69, 9.17) is 14.7 Å². The van der Waals surface area contributed by atoms with Gasteiger partial charge in [-0.15, -0.1) is 0 Å². The van der Waals surface area contributed by atoms with Crippen molar-refractivity contribution in [2.45, 2.75) is 107 Å². The second kappa shape index (κ2) is 14.5. The van der Waals surface area contributed by atoms with Crippen molar-refractivity contribution in [3.8, 4) is 28.8 Å². The normalized spacial score (nSPS) is 14.4. The Labute approximate surface area is 356 Å². The van der Waals surface area contributed by atoms with Crippen molar-refractivity contribution in [2.24, 2.45) is 10.8 Å². The smallest absolute Gasteiger partial charge is 0.271 e. The monoisotopic (exact) mass is 785 g/mol. The number of hydrogen-bond acceptors (Lipinski definition) is 3. The molecule has 0 amide bonds. The third-order valence-corrected chi connectivity index (χ3v) is 10.4. The van der Waals surface area contributed by atoms with Crippen LogP contribution in [0.25, 0.3) is 50.2 Å². The molecule has 0 N–H and O–H groups in total. The fourth-order valence-electron chi connectivity index (χ4n) is 7.68. The number of ether oxygens (including phenoxy) is 1. The Morgan fingerprint density at radius 3 is 1.86 bits per heavy atom. The average molecular weight is 786 g/mol. The summed E-state index contributed by atoms with van der Waals surface area (Å²) in [5.74, 6) is 2.66. The molecule has 0 aliphatic rings. The van der Waals surface area contributed by atoms with E-state index in [1.165, 1.54) is 5.56 Å². The van der Waals surface area contributed by atoms with Crippen LogP contribution in [0.15, 0.2) is 116 Å². The van der Waals surface area contributed by atoms with Crippen molar-refractivity contribution in [3.05, 3.63) is 144 Å². The predicted molar refractivity (Wildman–Crippen MR) is 244 cm³/mol. The van der Waals surface area contributed by atoms with Crippen LogP contribution in [0.4, 0.5) is 0 Å². The second-order valence-corrected chi connectivity index (χ2v) is 19.9. The van der Waals surface area contributed by atoms with E-state index in [1.807, 2.05) is 87.2 Å². The number of nitrogens with zero attached hydrogens (tertiary/aromatic N) is 5. The molecule has 59 heavy (non-hydrogen) atoms. The molecule has 4 heterocycles. The molecule has 8 aromatic rings. The van der Waals surface area contributed by atoms with Crippen LogP contribution in [0, 0.1) is 17.2 Å². The van der Waals surface area contributed by atoms with Crippen molar-refractivity contribution in [1.82, 2.24) is 19.1 Å². The Morgan fingerprint density at radius 1 is 0.576 bits per heavy atom.